The van der Waals surface area contributed by atoms with Crippen LogP contribution in [0.5, 0.6) is 0 Å². The molecule has 1 heterocycles. The molecule has 0 fully saturated rings. The Morgan fingerprint density at radius 1 is 0.838 bits per heavy atom. The molecule has 1 amide bonds. The van der Waals surface area contributed by atoms with E-state index < -0.39 is 22.5 Å². The number of nitrogens with one attached hydrogen (secondary N) is 1. The fourth-order valence-corrected chi connectivity index (χ4v) is 6.20. The van der Waals surface area contributed by atoms with Gasteiger partial charge >= 0.3 is 0 Å². The van der Waals surface area contributed by atoms with Gasteiger partial charge in [0, 0.05) is 34.0 Å². The summed E-state index contributed by atoms with van der Waals surface area (Å²) in [4.78, 5) is 13.3. The second kappa shape index (κ2) is 10.1. The first-order valence-electron chi connectivity index (χ1n) is 11.6. The van der Waals surface area contributed by atoms with Crippen molar-refractivity contribution in [2.24, 2.45) is 0 Å². The molecule has 0 spiro atoms. The molecule has 0 saturated heterocycles. The quantitative estimate of drug-likeness (QED) is 0.237. The van der Waals surface area contributed by atoms with Gasteiger partial charge in [-0.2, -0.15) is 0 Å². The van der Waals surface area contributed by atoms with Crippen LogP contribution in [0.1, 0.15) is 6.92 Å². The van der Waals surface area contributed by atoms with Crippen molar-refractivity contribution in [3.05, 3.63) is 101 Å². The molecule has 0 bridgehead atoms. The van der Waals surface area contributed by atoms with Gasteiger partial charge < -0.3 is 9.88 Å². The van der Waals surface area contributed by atoms with Crippen molar-refractivity contribution in [3.8, 4) is 0 Å². The summed E-state index contributed by atoms with van der Waals surface area (Å²) in [5.41, 5.74) is 2.98. The Morgan fingerprint density at radius 2 is 1.54 bits per heavy atom. The van der Waals surface area contributed by atoms with Gasteiger partial charge in [0.25, 0.3) is 10.0 Å². The van der Waals surface area contributed by atoms with E-state index in [9.17, 15) is 13.2 Å². The number of halogens is 2. The topological polar surface area (TPSA) is 71.4 Å². The molecule has 0 unspecified atom stereocenters. The van der Waals surface area contributed by atoms with Gasteiger partial charge in [-0.05, 0) is 61.5 Å². The number of aryl methyl sites for hydroxylation is 1. The Bertz CT molecular complexity index is 1730. The highest BCUT2D eigenvalue weighted by atomic mass is 35.5. The maximum atomic E-state index is 13.5. The fourth-order valence-electron chi connectivity index (χ4n) is 4.48. The lowest BCUT2D eigenvalue weighted by Gasteiger charge is -2.24. The van der Waals surface area contributed by atoms with E-state index in [2.05, 4.69) is 22.9 Å². The Labute approximate surface area is 225 Å². The van der Waals surface area contributed by atoms with E-state index in [1.807, 2.05) is 36.4 Å². The van der Waals surface area contributed by atoms with Crippen LogP contribution in [0.3, 0.4) is 0 Å². The average Bonchev–Trinajstić information content (AvgIpc) is 3.22. The van der Waals surface area contributed by atoms with Gasteiger partial charge in [0.2, 0.25) is 5.91 Å². The molecule has 37 heavy (non-hydrogen) atoms. The molecule has 9 heteroatoms. The van der Waals surface area contributed by atoms with Gasteiger partial charge in [-0.1, -0.05) is 59.6 Å². The summed E-state index contributed by atoms with van der Waals surface area (Å²) in [7, 11) is -4.07. The van der Waals surface area contributed by atoms with Crippen LogP contribution < -0.4 is 9.62 Å². The van der Waals surface area contributed by atoms with Crippen LogP contribution in [0.25, 0.3) is 21.8 Å². The minimum absolute atomic E-state index is 0.0580. The van der Waals surface area contributed by atoms with Crippen molar-refractivity contribution < 1.29 is 13.2 Å². The number of para-hydroxylation sites is 1. The van der Waals surface area contributed by atoms with Crippen LogP contribution in [-0.2, 0) is 21.4 Å². The van der Waals surface area contributed by atoms with Crippen molar-refractivity contribution in [1.82, 2.24) is 4.57 Å². The zero-order chi connectivity index (χ0) is 26.2. The summed E-state index contributed by atoms with van der Waals surface area (Å²) in [6.07, 6.45) is 0. The zero-order valence-electron chi connectivity index (χ0n) is 19.9. The van der Waals surface area contributed by atoms with Crippen molar-refractivity contribution in [2.45, 2.75) is 18.4 Å². The number of anilines is 2. The summed E-state index contributed by atoms with van der Waals surface area (Å²) in [6, 6.07) is 26.2. The second-order valence-electron chi connectivity index (χ2n) is 8.46. The van der Waals surface area contributed by atoms with E-state index >= 15 is 0 Å². The van der Waals surface area contributed by atoms with Crippen LogP contribution in [0.2, 0.25) is 10.0 Å². The molecule has 0 atom stereocenters. The predicted octanol–water partition coefficient (Wildman–Crippen LogP) is 6.96. The third kappa shape index (κ3) is 4.78. The maximum absolute atomic E-state index is 13.5. The van der Waals surface area contributed by atoms with Crippen LogP contribution in [0.15, 0.2) is 95.9 Å². The highest BCUT2D eigenvalue weighted by Crippen LogP contribution is 2.32. The lowest BCUT2D eigenvalue weighted by atomic mass is 10.1. The van der Waals surface area contributed by atoms with Crippen LogP contribution in [0, 0.1) is 0 Å². The molecule has 1 N–H and O–H groups in total. The number of sulfonamides is 1. The highest BCUT2D eigenvalue weighted by Gasteiger charge is 2.27. The number of nitrogens with zero attached hydrogens (tertiary/aromatic N) is 2. The Hall–Kier alpha value is -3.52. The number of fused-ring (bicyclic) bond motifs is 3. The van der Waals surface area contributed by atoms with Crippen molar-refractivity contribution >= 4 is 72.3 Å². The summed E-state index contributed by atoms with van der Waals surface area (Å²) in [6.45, 7) is 2.45. The molecule has 188 valence electrons. The smallest absolute Gasteiger partial charge is 0.264 e. The monoisotopic (exact) mass is 551 g/mol. The summed E-state index contributed by atoms with van der Waals surface area (Å²) >= 11 is 12.2. The van der Waals surface area contributed by atoms with Crippen LogP contribution >= 0.6 is 23.2 Å². The Morgan fingerprint density at radius 3 is 2.27 bits per heavy atom. The minimum Gasteiger partial charge on any atom is -0.341 e. The number of amides is 1. The van der Waals surface area contributed by atoms with Gasteiger partial charge in [-0.3, -0.25) is 9.10 Å². The number of hydrogen-bond acceptors (Lipinski definition) is 3. The maximum Gasteiger partial charge on any atom is 0.264 e. The van der Waals surface area contributed by atoms with Crippen LogP contribution in [-0.4, -0.2) is 25.4 Å². The first-order chi connectivity index (χ1) is 17.8. The number of carbonyl (C=O) groups excluding carboxylic acids is 1. The van der Waals surface area contributed by atoms with E-state index in [1.165, 1.54) is 30.3 Å². The van der Waals surface area contributed by atoms with E-state index in [0.717, 1.165) is 32.7 Å². The van der Waals surface area contributed by atoms with Crippen molar-refractivity contribution in [2.75, 3.05) is 16.2 Å². The van der Waals surface area contributed by atoms with E-state index in [1.54, 1.807) is 18.2 Å². The minimum atomic E-state index is -4.07. The van der Waals surface area contributed by atoms with Gasteiger partial charge in [0.15, 0.2) is 0 Å². The lowest BCUT2D eigenvalue weighted by molar-refractivity contribution is -0.114. The first kappa shape index (κ1) is 25.1. The molecular formula is C28H23Cl2N3O3S. The van der Waals surface area contributed by atoms with E-state index in [4.69, 9.17) is 23.2 Å². The average molecular weight is 552 g/mol. The number of carbonyl (C=O) groups is 1. The third-order valence-corrected chi connectivity index (χ3v) is 8.71. The Kier molecular flexibility index (Phi) is 6.86. The summed E-state index contributed by atoms with van der Waals surface area (Å²) < 4.78 is 30.3. The SMILES string of the molecule is CCn1c2ccccc2c2cc(NC(=O)CN(c3ccc(Cl)c(Cl)c3)S(=O)(=O)c3ccccc3)ccc21. The van der Waals surface area contributed by atoms with Crippen LogP contribution in [0.4, 0.5) is 11.4 Å². The number of benzene rings is 4. The van der Waals surface area contributed by atoms with Gasteiger partial charge in [-0.15, -0.1) is 0 Å². The van der Waals surface area contributed by atoms with Gasteiger partial charge in [-0.25, -0.2) is 8.42 Å². The van der Waals surface area contributed by atoms with Crippen molar-refractivity contribution in [1.29, 1.82) is 0 Å². The fraction of sp³-hybridized carbons (Fsp3) is 0.107. The Balaban J connectivity index is 1.49. The number of rotatable bonds is 7. The molecule has 0 aliphatic rings. The van der Waals surface area contributed by atoms with Gasteiger partial charge in [0.05, 0.1) is 20.6 Å². The molecule has 5 rings (SSSR count). The summed E-state index contributed by atoms with van der Waals surface area (Å²) in [5, 5.41) is 5.42. The molecule has 0 saturated carbocycles. The number of aromatic nitrogens is 1. The molecule has 0 aliphatic carbocycles. The summed E-state index contributed by atoms with van der Waals surface area (Å²) in [5.74, 6) is -0.496. The molecule has 4 aromatic carbocycles. The first-order valence-corrected chi connectivity index (χ1v) is 13.8. The normalized spacial score (nSPS) is 11.6. The highest BCUT2D eigenvalue weighted by molar-refractivity contribution is 7.92. The molecule has 5 aromatic rings. The second-order valence-corrected chi connectivity index (χ2v) is 11.1. The standard InChI is InChI=1S/C28H23Cl2N3O3S/c1-2-32-26-11-7-6-10-22(26)23-16-19(12-15-27(23)32)31-28(34)18-33(20-13-14-24(29)25(30)17-20)37(35,36)21-8-4-3-5-9-21/h3-17H,2,18H2,1H3,(H,31,34). The molecule has 0 aliphatic heterocycles. The molecule has 0 radical (unpaired) electrons. The third-order valence-electron chi connectivity index (χ3n) is 6.18. The zero-order valence-corrected chi connectivity index (χ0v) is 22.2. The number of hydrogen-bond donors (Lipinski definition) is 1. The van der Waals surface area contributed by atoms with E-state index in [0.29, 0.717) is 5.69 Å². The van der Waals surface area contributed by atoms with E-state index in [-0.39, 0.29) is 20.6 Å². The lowest BCUT2D eigenvalue weighted by Crippen LogP contribution is -2.38. The molecular weight excluding hydrogens is 529 g/mol. The predicted molar refractivity (Wildman–Crippen MR) is 151 cm³/mol. The van der Waals surface area contributed by atoms with Gasteiger partial charge in [0.1, 0.15) is 6.54 Å². The molecule has 6 nitrogen and oxygen atoms in total. The largest absolute Gasteiger partial charge is 0.341 e. The molecule has 1 aromatic heterocycles. The van der Waals surface area contributed by atoms with Crippen molar-refractivity contribution in [3.63, 3.8) is 0 Å².